The van der Waals surface area contributed by atoms with Gasteiger partial charge in [-0.05, 0) is 44.2 Å². The van der Waals surface area contributed by atoms with E-state index in [0.29, 0.717) is 28.2 Å². The molecule has 0 N–H and O–H groups in total. The standard InChI is InChI=1S/C21H17N3O3/c1-13-7-14(2)9-16(8-13)20-24-18-4-3-15(10-19(18)27-20)21(25)26-12-17-11-22-5-6-23-17/h3-11H,12H2,1-2H3. The molecule has 0 spiro atoms. The van der Waals surface area contributed by atoms with E-state index in [0.717, 1.165) is 16.7 Å². The van der Waals surface area contributed by atoms with Crippen LogP contribution < -0.4 is 0 Å². The minimum Gasteiger partial charge on any atom is -0.456 e. The van der Waals surface area contributed by atoms with Crippen LogP contribution in [0.4, 0.5) is 0 Å². The lowest BCUT2D eigenvalue weighted by Gasteiger charge is -2.03. The number of oxazole rings is 1. The van der Waals surface area contributed by atoms with Gasteiger partial charge in [0.2, 0.25) is 5.89 Å². The van der Waals surface area contributed by atoms with Crippen LogP contribution in [0.1, 0.15) is 27.2 Å². The molecule has 4 rings (SSSR count). The molecule has 6 heteroatoms. The fourth-order valence-corrected chi connectivity index (χ4v) is 2.90. The Kier molecular flexibility index (Phi) is 4.38. The first kappa shape index (κ1) is 16.9. The van der Waals surface area contributed by atoms with Crippen molar-refractivity contribution in [1.29, 1.82) is 0 Å². The van der Waals surface area contributed by atoms with E-state index in [-0.39, 0.29) is 6.61 Å². The summed E-state index contributed by atoms with van der Waals surface area (Å²) in [5, 5.41) is 0. The second kappa shape index (κ2) is 6.99. The van der Waals surface area contributed by atoms with Gasteiger partial charge in [0, 0.05) is 18.0 Å². The van der Waals surface area contributed by atoms with Crippen molar-refractivity contribution in [2.45, 2.75) is 20.5 Å². The zero-order valence-corrected chi connectivity index (χ0v) is 15.0. The summed E-state index contributed by atoms with van der Waals surface area (Å²) in [6, 6.07) is 11.2. The second-order valence-electron chi connectivity index (χ2n) is 6.35. The van der Waals surface area contributed by atoms with E-state index in [1.54, 1.807) is 36.8 Å². The third-order valence-electron chi connectivity index (χ3n) is 4.06. The van der Waals surface area contributed by atoms with Crippen molar-refractivity contribution in [2.75, 3.05) is 0 Å². The summed E-state index contributed by atoms with van der Waals surface area (Å²) in [6.07, 6.45) is 4.68. The molecule has 2 heterocycles. The molecule has 0 radical (unpaired) electrons. The van der Waals surface area contributed by atoms with Crippen molar-refractivity contribution in [1.82, 2.24) is 15.0 Å². The minimum absolute atomic E-state index is 0.0644. The summed E-state index contributed by atoms with van der Waals surface area (Å²) in [7, 11) is 0. The average Bonchev–Trinajstić information content (AvgIpc) is 3.09. The number of hydrogen-bond acceptors (Lipinski definition) is 6. The molecule has 0 fully saturated rings. The monoisotopic (exact) mass is 359 g/mol. The Hall–Kier alpha value is -3.54. The van der Waals surface area contributed by atoms with Gasteiger partial charge in [-0.25, -0.2) is 9.78 Å². The number of benzene rings is 2. The van der Waals surface area contributed by atoms with E-state index in [1.165, 1.54) is 0 Å². The highest BCUT2D eigenvalue weighted by molar-refractivity contribution is 5.93. The number of ether oxygens (including phenoxy) is 1. The topological polar surface area (TPSA) is 78.1 Å². The molecule has 2 aromatic carbocycles. The Bertz CT molecular complexity index is 1100. The molecular weight excluding hydrogens is 342 g/mol. The summed E-state index contributed by atoms with van der Waals surface area (Å²) in [6.45, 7) is 4.13. The highest BCUT2D eigenvalue weighted by atomic mass is 16.5. The molecule has 0 aliphatic rings. The molecule has 0 saturated heterocycles. The second-order valence-corrected chi connectivity index (χ2v) is 6.35. The van der Waals surface area contributed by atoms with E-state index in [2.05, 4.69) is 21.0 Å². The Morgan fingerprint density at radius 1 is 1.07 bits per heavy atom. The molecule has 27 heavy (non-hydrogen) atoms. The van der Waals surface area contributed by atoms with Crippen LogP contribution in [-0.2, 0) is 11.3 Å². The van der Waals surface area contributed by atoms with Gasteiger partial charge in [-0.3, -0.25) is 9.97 Å². The third-order valence-corrected chi connectivity index (χ3v) is 4.06. The number of carbonyl (C=O) groups excluding carboxylic acids is 1. The van der Waals surface area contributed by atoms with Gasteiger partial charge in [0.1, 0.15) is 12.1 Å². The molecule has 0 aliphatic heterocycles. The highest BCUT2D eigenvalue weighted by Gasteiger charge is 2.13. The van der Waals surface area contributed by atoms with Crippen LogP contribution in [0, 0.1) is 13.8 Å². The van der Waals surface area contributed by atoms with Gasteiger partial charge >= 0.3 is 5.97 Å². The Labute approximate surface area is 155 Å². The van der Waals surface area contributed by atoms with Crippen LogP contribution in [-0.4, -0.2) is 20.9 Å². The van der Waals surface area contributed by atoms with Gasteiger partial charge in [-0.2, -0.15) is 0 Å². The Morgan fingerprint density at radius 3 is 2.63 bits per heavy atom. The zero-order valence-electron chi connectivity index (χ0n) is 15.0. The van der Waals surface area contributed by atoms with Gasteiger partial charge in [0.25, 0.3) is 0 Å². The van der Waals surface area contributed by atoms with Gasteiger partial charge in [-0.15, -0.1) is 0 Å². The zero-order chi connectivity index (χ0) is 18.8. The number of nitrogens with zero attached hydrogens (tertiary/aromatic N) is 3. The lowest BCUT2D eigenvalue weighted by molar-refractivity contribution is 0.0467. The maximum absolute atomic E-state index is 12.3. The van der Waals surface area contributed by atoms with Crippen molar-refractivity contribution < 1.29 is 13.9 Å². The summed E-state index contributed by atoms with van der Waals surface area (Å²) in [4.78, 5) is 24.8. The molecule has 0 saturated carbocycles. The summed E-state index contributed by atoms with van der Waals surface area (Å²) in [5.74, 6) is 0.0776. The first-order valence-corrected chi connectivity index (χ1v) is 8.50. The van der Waals surface area contributed by atoms with E-state index in [4.69, 9.17) is 9.15 Å². The lowest BCUT2D eigenvalue weighted by atomic mass is 10.1. The van der Waals surface area contributed by atoms with Crippen molar-refractivity contribution in [3.05, 3.63) is 77.4 Å². The molecule has 2 aromatic heterocycles. The summed E-state index contributed by atoms with van der Waals surface area (Å²) >= 11 is 0. The Morgan fingerprint density at radius 2 is 1.89 bits per heavy atom. The Balaban J connectivity index is 1.58. The van der Waals surface area contributed by atoms with E-state index in [1.807, 2.05) is 26.0 Å². The maximum atomic E-state index is 12.3. The van der Waals surface area contributed by atoms with Crippen LogP contribution in [0.2, 0.25) is 0 Å². The molecule has 0 amide bonds. The largest absolute Gasteiger partial charge is 0.456 e. The first-order chi connectivity index (χ1) is 13.1. The van der Waals surface area contributed by atoms with Crippen LogP contribution in [0.5, 0.6) is 0 Å². The quantitative estimate of drug-likeness (QED) is 0.507. The number of hydrogen-bond donors (Lipinski definition) is 0. The number of rotatable bonds is 4. The van der Waals surface area contributed by atoms with Crippen LogP contribution >= 0.6 is 0 Å². The maximum Gasteiger partial charge on any atom is 0.338 e. The van der Waals surface area contributed by atoms with E-state index in [9.17, 15) is 4.79 Å². The third kappa shape index (κ3) is 3.69. The SMILES string of the molecule is Cc1cc(C)cc(-c2nc3ccc(C(=O)OCc4cnccn4)cc3o2)c1. The number of esters is 1. The number of aryl methyl sites for hydroxylation is 2. The number of aromatic nitrogens is 3. The lowest BCUT2D eigenvalue weighted by Crippen LogP contribution is -2.06. The van der Waals surface area contributed by atoms with Gasteiger partial charge < -0.3 is 9.15 Å². The molecule has 0 atom stereocenters. The summed E-state index contributed by atoms with van der Waals surface area (Å²) in [5.41, 5.74) is 5.41. The van der Waals surface area contributed by atoms with Crippen molar-refractivity contribution in [3.8, 4) is 11.5 Å². The van der Waals surface area contributed by atoms with Crippen molar-refractivity contribution in [2.24, 2.45) is 0 Å². The highest BCUT2D eigenvalue weighted by Crippen LogP contribution is 2.26. The van der Waals surface area contributed by atoms with Crippen LogP contribution in [0.15, 0.2) is 59.4 Å². The van der Waals surface area contributed by atoms with Crippen molar-refractivity contribution >= 4 is 17.1 Å². The molecule has 0 unspecified atom stereocenters. The molecule has 6 nitrogen and oxygen atoms in total. The molecule has 4 aromatic rings. The average molecular weight is 359 g/mol. The predicted molar refractivity (Wildman–Crippen MR) is 100 cm³/mol. The fourth-order valence-electron chi connectivity index (χ4n) is 2.90. The summed E-state index contributed by atoms with van der Waals surface area (Å²) < 4.78 is 11.2. The molecular formula is C21H17N3O3. The first-order valence-electron chi connectivity index (χ1n) is 8.50. The van der Waals surface area contributed by atoms with E-state index < -0.39 is 5.97 Å². The molecule has 0 bridgehead atoms. The van der Waals surface area contributed by atoms with Gasteiger partial charge in [0.05, 0.1) is 17.5 Å². The van der Waals surface area contributed by atoms with Gasteiger partial charge in [0.15, 0.2) is 5.58 Å². The fraction of sp³-hybridized carbons (Fsp3) is 0.143. The van der Waals surface area contributed by atoms with Crippen molar-refractivity contribution in [3.63, 3.8) is 0 Å². The normalized spacial score (nSPS) is 10.9. The van der Waals surface area contributed by atoms with Gasteiger partial charge in [-0.1, -0.05) is 17.2 Å². The van der Waals surface area contributed by atoms with E-state index >= 15 is 0 Å². The molecule has 0 aliphatic carbocycles. The predicted octanol–water partition coefficient (Wildman–Crippen LogP) is 4.26. The molecule has 134 valence electrons. The number of fused-ring (bicyclic) bond motifs is 1. The smallest absolute Gasteiger partial charge is 0.338 e. The van der Waals surface area contributed by atoms with Crippen LogP contribution in [0.3, 0.4) is 0 Å². The minimum atomic E-state index is -0.452. The van der Waals surface area contributed by atoms with Crippen LogP contribution in [0.25, 0.3) is 22.6 Å². The number of carbonyl (C=O) groups is 1.